The molecule has 2 heterocycles. The molecule has 0 saturated heterocycles. The van der Waals surface area contributed by atoms with Crippen LogP contribution in [0.5, 0.6) is 0 Å². The number of nitrogens with zero attached hydrogens (tertiary/aromatic N) is 2. The van der Waals surface area contributed by atoms with Crippen molar-refractivity contribution in [2.45, 2.75) is 13.8 Å². The zero-order valence-corrected chi connectivity index (χ0v) is 15.9. The first kappa shape index (κ1) is 18.4. The summed E-state index contributed by atoms with van der Waals surface area (Å²) in [6.45, 7) is 3.47. The zero-order valence-electron chi connectivity index (χ0n) is 15.9. The molecule has 29 heavy (non-hydrogen) atoms. The molecule has 0 unspecified atom stereocenters. The second-order valence-electron chi connectivity index (χ2n) is 6.72. The fraction of sp³-hybridized carbons (Fsp3) is 0.0870. The molecule has 0 aliphatic carbocycles. The van der Waals surface area contributed by atoms with Gasteiger partial charge in [0.05, 0.1) is 22.9 Å². The minimum absolute atomic E-state index is 0.117. The van der Waals surface area contributed by atoms with Crippen LogP contribution in [0.4, 0.5) is 5.69 Å². The second kappa shape index (κ2) is 7.24. The number of hydrogen-bond acceptors (Lipinski definition) is 5. The van der Waals surface area contributed by atoms with Gasteiger partial charge in [0.15, 0.2) is 0 Å². The van der Waals surface area contributed by atoms with Gasteiger partial charge in [-0.2, -0.15) is 10.1 Å². The number of furan rings is 1. The third-order valence-corrected chi connectivity index (χ3v) is 4.72. The molecule has 1 aromatic heterocycles. The summed E-state index contributed by atoms with van der Waals surface area (Å²) >= 11 is 0. The van der Waals surface area contributed by atoms with Gasteiger partial charge in [-0.1, -0.05) is 30.3 Å². The molecule has 6 heteroatoms. The lowest BCUT2D eigenvalue weighted by Crippen LogP contribution is -2.23. The van der Waals surface area contributed by atoms with Crippen LogP contribution in [0.1, 0.15) is 28.6 Å². The Labute approximate surface area is 167 Å². The molecular formula is C23H17N2O4-. The van der Waals surface area contributed by atoms with Crippen LogP contribution in [0, 0.1) is 6.92 Å². The van der Waals surface area contributed by atoms with Crippen molar-refractivity contribution in [3.8, 4) is 11.3 Å². The highest BCUT2D eigenvalue weighted by atomic mass is 16.4. The van der Waals surface area contributed by atoms with Gasteiger partial charge in [-0.25, -0.2) is 0 Å². The molecule has 0 fully saturated rings. The van der Waals surface area contributed by atoms with Gasteiger partial charge >= 0.3 is 0 Å². The first-order valence-electron chi connectivity index (χ1n) is 9.03. The van der Waals surface area contributed by atoms with Crippen molar-refractivity contribution in [1.82, 2.24) is 0 Å². The van der Waals surface area contributed by atoms with Crippen molar-refractivity contribution in [1.29, 1.82) is 0 Å². The second-order valence-corrected chi connectivity index (χ2v) is 6.72. The van der Waals surface area contributed by atoms with Crippen molar-refractivity contribution in [2.75, 3.05) is 5.01 Å². The fourth-order valence-electron chi connectivity index (χ4n) is 3.15. The predicted octanol–water partition coefficient (Wildman–Crippen LogP) is 3.42. The molecule has 0 saturated carbocycles. The number of benzene rings is 2. The van der Waals surface area contributed by atoms with E-state index >= 15 is 0 Å². The van der Waals surface area contributed by atoms with Crippen molar-refractivity contribution in [3.05, 3.63) is 83.1 Å². The van der Waals surface area contributed by atoms with E-state index in [2.05, 4.69) is 5.10 Å². The fourth-order valence-corrected chi connectivity index (χ4v) is 3.15. The van der Waals surface area contributed by atoms with Crippen LogP contribution in [-0.4, -0.2) is 17.6 Å². The van der Waals surface area contributed by atoms with Gasteiger partial charge in [-0.3, -0.25) is 4.79 Å². The zero-order chi connectivity index (χ0) is 20.5. The Balaban J connectivity index is 1.63. The van der Waals surface area contributed by atoms with Crippen molar-refractivity contribution < 1.29 is 19.1 Å². The number of para-hydroxylation sites is 1. The quantitative estimate of drug-likeness (QED) is 0.644. The number of carboxylic acids is 1. The van der Waals surface area contributed by atoms with Gasteiger partial charge in [0.2, 0.25) is 0 Å². The van der Waals surface area contributed by atoms with Gasteiger partial charge in [0, 0.05) is 11.1 Å². The summed E-state index contributed by atoms with van der Waals surface area (Å²) in [6.07, 6.45) is 1.64. The van der Waals surface area contributed by atoms with E-state index < -0.39 is 5.97 Å². The van der Waals surface area contributed by atoms with Crippen molar-refractivity contribution in [2.24, 2.45) is 5.10 Å². The van der Waals surface area contributed by atoms with Gasteiger partial charge in [0.1, 0.15) is 11.5 Å². The minimum Gasteiger partial charge on any atom is -0.545 e. The Morgan fingerprint density at radius 2 is 1.83 bits per heavy atom. The molecule has 2 aromatic carbocycles. The van der Waals surface area contributed by atoms with Crippen LogP contribution in [0.25, 0.3) is 17.4 Å². The first-order chi connectivity index (χ1) is 13.9. The summed E-state index contributed by atoms with van der Waals surface area (Å²) in [7, 11) is 0. The number of hydrazone groups is 1. The van der Waals surface area contributed by atoms with Crippen LogP contribution >= 0.6 is 0 Å². The molecular weight excluding hydrogens is 368 g/mol. The van der Waals surface area contributed by atoms with E-state index in [0.717, 1.165) is 0 Å². The number of rotatable bonds is 4. The number of anilines is 1. The predicted molar refractivity (Wildman–Crippen MR) is 108 cm³/mol. The van der Waals surface area contributed by atoms with Gasteiger partial charge in [-0.05, 0) is 55.8 Å². The van der Waals surface area contributed by atoms with Crippen LogP contribution < -0.4 is 10.1 Å². The SMILES string of the molecule is CC1=NN(c2ccccc2)C(=O)/C1=C/c1ccc(-c2ccc(C)c(C(=O)[O-])c2)o1. The van der Waals surface area contributed by atoms with E-state index in [1.165, 1.54) is 11.1 Å². The highest BCUT2D eigenvalue weighted by Gasteiger charge is 2.28. The third-order valence-electron chi connectivity index (χ3n) is 4.72. The van der Waals surface area contributed by atoms with Crippen LogP contribution in [0.3, 0.4) is 0 Å². The molecule has 0 atom stereocenters. The van der Waals surface area contributed by atoms with E-state index in [0.29, 0.717) is 39.6 Å². The Hall–Kier alpha value is -3.93. The molecule has 1 aliphatic rings. The Morgan fingerprint density at radius 3 is 2.55 bits per heavy atom. The first-order valence-corrected chi connectivity index (χ1v) is 9.03. The summed E-state index contributed by atoms with van der Waals surface area (Å²) in [4.78, 5) is 24.0. The lowest BCUT2D eigenvalue weighted by molar-refractivity contribution is -0.255. The molecule has 144 valence electrons. The average molecular weight is 385 g/mol. The number of amides is 1. The maximum atomic E-state index is 12.8. The molecule has 0 N–H and O–H groups in total. The molecule has 0 spiro atoms. The molecule has 6 nitrogen and oxygen atoms in total. The van der Waals surface area contributed by atoms with Gasteiger partial charge < -0.3 is 14.3 Å². The number of hydrogen-bond donors (Lipinski definition) is 0. The van der Waals surface area contributed by atoms with Crippen LogP contribution in [-0.2, 0) is 4.79 Å². The Kier molecular flexibility index (Phi) is 4.60. The number of carboxylic acid groups (broad SMARTS) is 1. The number of aromatic carboxylic acids is 1. The third kappa shape index (κ3) is 3.48. The summed E-state index contributed by atoms with van der Waals surface area (Å²) in [6, 6.07) is 17.7. The smallest absolute Gasteiger partial charge is 0.280 e. The normalized spacial score (nSPS) is 15.1. The largest absolute Gasteiger partial charge is 0.545 e. The molecule has 0 bridgehead atoms. The molecule has 3 aromatic rings. The van der Waals surface area contributed by atoms with E-state index in [1.54, 1.807) is 44.2 Å². The number of aryl methyl sites for hydroxylation is 1. The topological polar surface area (TPSA) is 85.9 Å². The van der Waals surface area contributed by atoms with E-state index in [9.17, 15) is 14.7 Å². The highest BCUT2D eigenvalue weighted by molar-refractivity contribution is 6.32. The van der Waals surface area contributed by atoms with Gasteiger partial charge in [0.25, 0.3) is 5.91 Å². The lowest BCUT2D eigenvalue weighted by Gasteiger charge is -2.10. The number of carbonyl (C=O) groups is 2. The summed E-state index contributed by atoms with van der Waals surface area (Å²) in [5.41, 5.74) is 3.07. The minimum atomic E-state index is -1.23. The monoisotopic (exact) mass is 385 g/mol. The Bertz CT molecular complexity index is 1170. The number of carbonyl (C=O) groups excluding carboxylic acids is 2. The average Bonchev–Trinajstić information content (AvgIpc) is 3.29. The van der Waals surface area contributed by atoms with Crippen molar-refractivity contribution >= 4 is 29.4 Å². The molecule has 1 aliphatic heterocycles. The Morgan fingerprint density at radius 1 is 1.07 bits per heavy atom. The summed E-state index contributed by atoms with van der Waals surface area (Å²) < 4.78 is 5.83. The van der Waals surface area contributed by atoms with Gasteiger partial charge in [-0.15, -0.1) is 0 Å². The van der Waals surface area contributed by atoms with E-state index in [4.69, 9.17) is 4.42 Å². The van der Waals surface area contributed by atoms with E-state index in [1.807, 2.05) is 30.3 Å². The summed E-state index contributed by atoms with van der Waals surface area (Å²) in [5.74, 6) is -0.494. The lowest BCUT2D eigenvalue weighted by atomic mass is 10.0. The molecule has 1 amide bonds. The molecule has 0 radical (unpaired) electrons. The molecule has 4 rings (SSSR count). The van der Waals surface area contributed by atoms with E-state index in [-0.39, 0.29) is 11.5 Å². The standard InChI is InChI=1S/C23H18N2O4/c1-14-8-9-16(12-19(14)23(27)28)21-11-10-18(29-21)13-20-15(2)24-25(22(20)26)17-6-4-3-5-7-17/h3-13H,1-2H3,(H,27,28)/p-1/b20-13+. The van der Waals surface area contributed by atoms with Crippen LogP contribution in [0.15, 0.2) is 75.8 Å². The maximum Gasteiger partial charge on any atom is 0.280 e. The van der Waals surface area contributed by atoms with Crippen LogP contribution in [0.2, 0.25) is 0 Å². The van der Waals surface area contributed by atoms with Crippen molar-refractivity contribution in [3.63, 3.8) is 0 Å². The summed E-state index contributed by atoms with van der Waals surface area (Å²) in [5, 5.41) is 17.0. The highest BCUT2D eigenvalue weighted by Crippen LogP contribution is 2.28. The maximum absolute atomic E-state index is 12.8.